The van der Waals surface area contributed by atoms with Crippen molar-refractivity contribution in [1.82, 2.24) is 14.5 Å². The third-order valence-electron chi connectivity index (χ3n) is 3.62. The van der Waals surface area contributed by atoms with Crippen LogP contribution in [-0.2, 0) is 4.74 Å². The summed E-state index contributed by atoms with van der Waals surface area (Å²) in [6, 6.07) is 3.92. The van der Waals surface area contributed by atoms with Crippen LogP contribution in [0.2, 0.25) is 0 Å². The maximum Gasteiger partial charge on any atom is 0.144 e. The molecule has 1 saturated heterocycles. The van der Waals surface area contributed by atoms with Gasteiger partial charge in [-0.15, -0.1) is 0 Å². The van der Waals surface area contributed by atoms with Crippen LogP contribution in [0.25, 0.3) is 11.0 Å². The van der Waals surface area contributed by atoms with Crippen LogP contribution in [0.3, 0.4) is 0 Å². The molecule has 2 unspecified atom stereocenters. The molecule has 2 aromatic rings. The van der Waals surface area contributed by atoms with E-state index in [0.717, 1.165) is 29.6 Å². The minimum atomic E-state index is -0.0672. The van der Waals surface area contributed by atoms with Crippen LogP contribution >= 0.6 is 0 Å². The Balaban J connectivity index is 1.94. The molecule has 1 aliphatic rings. The predicted octanol–water partition coefficient (Wildman–Crippen LogP) is 1.93. The fourth-order valence-corrected chi connectivity index (χ4v) is 2.59. The van der Waals surface area contributed by atoms with Crippen molar-refractivity contribution >= 4 is 23.1 Å². The number of aromatic nitrogens is 2. The molecule has 6 nitrogen and oxygen atoms in total. The van der Waals surface area contributed by atoms with E-state index in [9.17, 15) is 5.11 Å². The number of rotatable bonds is 4. The Kier molecular flexibility index (Phi) is 3.90. The van der Waals surface area contributed by atoms with Gasteiger partial charge in [-0.1, -0.05) is 0 Å². The largest absolute Gasteiger partial charge is 0.394 e. The van der Waals surface area contributed by atoms with E-state index < -0.39 is 0 Å². The first-order valence-corrected chi connectivity index (χ1v) is 7.11. The van der Waals surface area contributed by atoms with Gasteiger partial charge in [-0.25, -0.2) is 9.98 Å². The molecular weight excluding hydrogens is 268 g/mol. The Morgan fingerprint density at radius 3 is 3.05 bits per heavy atom. The summed E-state index contributed by atoms with van der Waals surface area (Å²) in [5.41, 5.74) is 1.76. The monoisotopic (exact) mass is 288 g/mol. The molecule has 2 atom stereocenters. The molecule has 2 aromatic heterocycles. The average Bonchev–Trinajstić information content (AvgIpc) is 3.10. The van der Waals surface area contributed by atoms with Gasteiger partial charge in [0.15, 0.2) is 0 Å². The van der Waals surface area contributed by atoms with Crippen molar-refractivity contribution in [2.45, 2.75) is 25.2 Å². The Hall–Kier alpha value is -1.92. The van der Waals surface area contributed by atoms with Gasteiger partial charge in [0.25, 0.3) is 0 Å². The van der Waals surface area contributed by atoms with Gasteiger partial charge < -0.3 is 19.3 Å². The van der Waals surface area contributed by atoms with E-state index in [4.69, 9.17) is 4.74 Å². The third kappa shape index (κ3) is 2.77. The zero-order valence-electron chi connectivity index (χ0n) is 12.3. The topological polar surface area (TPSA) is 62.9 Å². The first-order valence-electron chi connectivity index (χ1n) is 7.11. The van der Waals surface area contributed by atoms with E-state index in [0.29, 0.717) is 0 Å². The molecule has 3 heterocycles. The summed E-state index contributed by atoms with van der Waals surface area (Å²) in [7, 11) is 3.88. The maximum atomic E-state index is 9.19. The molecule has 0 spiro atoms. The lowest BCUT2D eigenvalue weighted by molar-refractivity contribution is -0.0204. The van der Waals surface area contributed by atoms with Gasteiger partial charge in [-0.3, -0.25) is 0 Å². The van der Waals surface area contributed by atoms with Crippen LogP contribution in [0.4, 0.5) is 5.69 Å². The van der Waals surface area contributed by atoms with Gasteiger partial charge in [-0.05, 0) is 25.0 Å². The lowest BCUT2D eigenvalue weighted by atomic mass is 10.2. The molecule has 0 saturated carbocycles. The van der Waals surface area contributed by atoms with Crippen LogP contribution < -0.4 is 0 Å². The van der Waals surface area contributed by atoms with Crippen molar-refractivity contribution in [2.24, 2.45) is 4.99 Å². The van der Waals surface area contributed by atoms with Crippen LogP contribution in [0, 0.1) is 0 Å². The molecule has 3 rings (SSSR count). The number of nitrogens with zero attached hydrogens (tertiary/aromatic N) is 4. The average molecular weight is 288 g/mol. The zero-order chi connectivity index (χ0) is 14.8. The number of fused-ring (bicyclic) bond motifs is 1. The van der Waals surface area contributed by atoms with Gasteiger partial charge in [-0.2, -0.15) is 0 Å². The molecule has 0 aromatic carbocycles. The highest BCUT2D eigenvalue weighted by Crippen LogP contribution is 2.33. The lowest BCUT2D eigenvalue weighted by Gasteiger charge is -2.14. The number of aliphatic hydroxyl groups is 1. The Bertz CT molecular complexity index is 650. The fraction of sp³-hybridized carbons (Fsp3) is 0.467. The highest BCUT2D eigenvalue weighted by Gasteiger charge is 2.27. The van der Waals surface area contributed by atoms with Crippen LogP contribution in [-0.4, -0.2) is 52.7 Å². The van der Waals surface area contributed by atoms with Gasteiger partial charge in [0.2, 0.25) is 0 Å². The van der Waals surface area contributed by atoms with E-state index >= 15 is 0 Å². The highest BCUT2D eigenvalue weighted by atomic mass is 16.5. The molecular formula is C15H20N4O2. The van der Waals surface area contributed by atoms with Crippen molar-refractivity contribution in [1.29, 1.82) is 0 Å². The second-order valence-electron chi connectivity index (χ2n) is 5.47. The number of aliphatic hydroxyl groups excluding tert-OH is 1. The Morgan fingerprint density at radius 1 is 1.48 bits per heavy atom. The normalized spacial score (nSPS) is 22.4. The molecule has 21 heavy (non-hydrogen) atoms. The Labute approximate surface area is 123 Å². The molecule has 0 bridgehead atoms. The number of hydrogen-bond acceptors (Lipinski definition) is 4. The summed E-state index contributed by atoms with van der Waals surface area (Å²) in [5.74, 6) is 0. The summed E-state index contributed by atoms with van der Waals surface area (Å²) in [4.78, 5) is 10.8. The van der Waals surface area contributed by atoms with Crippen LogP contribution in [0.1, 0.15) is 19.1 Å². The van der Waals surface area contributed by atoms with E-state index in [-0.39, 0.29) is 18.9 Å². The maximum absolute atomic E-state index is 9.19. The minimum Gasteiger partial charge on any atom is -0.394 e. The van der Waals surface area contributed by atoms with Crippen molar-refractivity contribution in [3.05, 3.63) is 24.5 Å². The van der Waals surface area contributed by atoms with Crippen molar-refractivity contribution in [3.8, 4) is 0 Å². The predicted molar refractivity (Wildman–Crippen MR) is 81.8 cm³/mol. The molecule has 0 aliphatic carbocycles. The van der Waals surface area contributed by atoms with Crippen molar-refractivity contribution in [2.75, 3.05) is 20.7 Å². The van der Waals surface area contributed by atoms with E-state index in [1.165, 1.54) is 0 Å². The first kappa shape index (κ1) is 14.0. The number of ether oxygens (including phenoxy) is 1. The van der Waals surface area contributed by atoms with Crippen molar-refractivity contribution in [3.63, 3.8) is 0 Å². The minimum absolute atomic E-state index is 0.0553. The second-order valence-corrected chi connectivity index (χ2v) is 5.47. The van der Waals surface area contributed by atoms with Gasteiger partial charge in [0.05, 0.1) is 24.7 Å². The van der Waals surface area contributed by atoms with E-state index in [2.05, 4.69) is 9.98 Å². The van der Waals surface area contributed by atoms with Crippen LogP contribution in [0.5, 0.6) is 0 Å². The van der Waals surface area contributed by atoms with Gasteiger partial charge in [0, 0.05) is 31.9 Å². The second kappa shape index (κ2) is 5.83. The summed E-state index contributed by atoms with van der Waals surface area (Å²) in [5, 5.41) is 10.2. The molecule has 6 heteroatoms. The smallest absolute Gasteiger partial charge is 0.144 e. The molecule has 1 N–H and O–H groups in total. The number of pyridine rings is 1. The summed E-state index contributed by atoms with van der Waals surface area (Å²) < 4.78 is 7.85. The summed E-state index contributed by atoms with van der Waals surface area (Å²) in [6.07, 6.45) is 7.17. The highest BCUT2D eigenvalue weighted by molar-refractivity contribution is 5.89. The van der Waals surface area contributed by atoms with Crippen molar-refractivity contribution < 1.29 is 9.84 Å². The molecule has 1 aliphatic heterocycles. The van der Waals surface area contributed by atoms with Gasteiger partial charge >= 0.3 is 0 Å². The molecule has 112 valence electrons. The number of aliphatic imine (C=N–C) groups is 1. The third-order valence-corrected chi connectivity index (χ3v) is 3.62. The summed E-state index contributed by atoms with van der Waals surface area (Å²) >= 11 is 0. The van der Waals surface area contributed by atoms with E-state index in [1.54, 1.807) is 12.5 Å². The van der Waals surface area contributed by atoms with Gasteiger partial charge in [0.1, 0.15) is 11.9 Å². The summed E-state index contributed by atoms with van der Waals surface area (Å²) in [6.45, 7) is 0.0709. The first-order chi connectivity index (χ1) is 10.2. The quantitative estimate of drug-likeness (QED) is 0.690. The number of hydrogen-bond donors (Lipinski definition) is 1. The van der Waals surface area contributed by atoms with E-state index in [1.807, 2.05) is 41.9 Å². The Morgan fingerprint density at radius 2 is 2.33 bits per heavy atom. The lowest BCUT2D eigenvalue weighted by Crippen LogP contribution is -2.14. The SMILES string of the molecule is CN(C)C=Nc1ccnc2c1ccn2C1CCC(CO)O1. The molecule has 0 radical (unpaired) electrons. The standard InChI is InChI=1S/C15H20N4O2/c1-18(2)10-17-13-5-7-16-15-12(13)6-8-19(15)14-4-3-11(9-20)21-14/h5-8,10-11,14,20H,3-4,9H2,1-2H3. The fourth-order valence-electron chi connectivity index (χ4n) is 2.59. The van der Waals surface area contributed by atoms with Crippen LogP contribution in [0.15, 0.2) is 29.5 Å². The molecule has 0 amide bonds. The zero-order valence-corrected chi connectivity index (χ0v) is 12.3. The molecule has 1 fully saturated rings.